The summed E-state index contributed by atoms with van der Waals surface area (Å²) in [5.74, 6) is -0.153. The molecule has 0 aromatic heterocycles. The Labute approximate surface area is 152 Å². The van der Waals surface area contributed by atoms with Crippen molar-refractivity contribution in [3.63, 3.8) is 0 Å². The second-order valence-electron chi connectivity index (χ2n) is 5.24. The largest absolute Gasteiger partial charge is 0.350 e. The summed E-state index contributed by atoms with van der Waals surface area (Å²) in [6, 6.07) is 14.8. The van der Waals surface area contributed by atoms with E-state index >= 15 is 0 Å². The third kappa shape index (κ3) is 5.29. The second kappa shape index (κ2) is 8.41. The number of rotatable bonds is 6. The SMILES string of the molecule is CC(NC(=O)CCC(=O)c1ccc(Br)cc1)c1ccccc1Br. The van der Waals surface area contributed by atoms with E-state index in [-0.39, 0.29) is 30.6 Å². The van der Waals surface area contributed by atoms with Gasteiger partial charge in [0.15, 0.2) is 5.78 Å². The van der Waals surface area contributed by atoms with Gasteiger partial charge in [0.1, 0.15) is 0 Å². The van der Waals surface area contributed by atoms with Gasteiger partial charge in [0.2, 0.25) is 5.91 Å². The molecule has 1 amide bonds. The quantitative estimate of drug-likeness (QED) is 0.641. The maximum atomic E-state index is 12.1. The maximum Gasteiger partial charge on any atom is 0.220 e. The van der Waals surface area contributed by atoms with Crippen molar-refractivity contribution in [2.45, 2.75) is 25.8 Å². The summed E-state index contributed by atoms with van der Waals surface area (Å²) in [4.78, 5) is 24.1. The van der Waals surface area contributed by atoms with Crippen LogP contribution < -0.4 is 5.32 Å². The lowest BCUT2D eigenvalue weighted by Crippen LogP contribution is -2.27. The lowest BCUT2D eigenvalue weighted by Gasteiger charge is -2.15. The highest BCUT2D eigenvalue weighted by atomic mass is 79.9. The molecule has 0 saturated carbocycles. The minimum atomic E-state index is -0.126. The van der Waals surface area contributed by atoms with Crippen molar-refractivity contribution in [1.29, 1.82) is 0 Å². The standard InChI is InChI=1S/C18H17Br2NO2/c1-12(15-4-2-3-5-16(15)20)21-18(23)11-10-17(22)13-6-8-14(19)9-7-13/h2-9,12H,10-11H2,1H3,(H,21,23). The summed E-state index contributed by atoms with van der Waals surface area (Å²) in [5, 5.41) is 2.92. The molecule has 0 bridgehead atoms. The van der Waals surface area contributed by atoms with Gasteiger partial charge in [-0.3, -0.25) is 9.59 Å². The molecule has 2 rings (SSSR count). The third-order valence-electron chi connectivity index (χ3n) is 3.49. The number of Topliss-reactive ketones (excluding diaryl/α,β-unsaturated/α-hetero) is 1. The zero-order chi connectivity index (χ0) is 16.8. The van der Waals surface area contributed by atoms with Crippen molar-refractivity contribution in [2.75, 3.05) is 0 Å². The minimum Gasteiger partial charge on any atom is -0.350 e. The van der Waals surface area contributed by atoms with Crippen molar-refractivity contribution in [1.82, 2.24) is 5.32 Å². The van der Waals surface area contributed by atoms with Crippen LogP contribution in [0.2, 0.25) is 0 Å². The van der Waals surface area contributed by atoms with Gasteiger partial charge < -0.3 is 5.32 Å². The monoisotopic (exact) mass is 437 g/mol. The predicted octanol–water partition coefficient (Wildman–Crippen LogP) is 5.05. The first-order valence-corrected chi connectivity index (χ1v) is 8.88. The molecule has 0 aliphatic rings. The van der Waals surface area contributed by atoms with Crippen LogP contribution in [0.25, 0.3) is 0 Å². The number of halogens is 2. The van der Waals surface area contributed by atoms with Crippen molar-refractivity contribution in [3.8, 4) is 0 Å². The van der Waals surface area contributed by atoms with Crippen LogP contribution in [0, 0.1) is 0 Å². The lowest BCUT2D eigenvalue weighted by molar-refractivity contribution is -0.121. The molecule has 0 fully saturated rings. The van der Waals surface area contributed by atoms with E-state index in [9.17, 15) is 9.59 Å². The molecule has 120 valence electrons. The molecule has 3 nitrogen and oxygen atoms in total. The normalized spacial score (nSPS) is 11.8. The molecule has 0 aliphatic carbocycles. The highest BCUT2D eigenvalue weighted by Gasteiger charge is 2.14. The predicted molar refractivity (Wildman–Crippen MR) is 98.4 cm³/mol. The molecule has 0 spiro atoms. The van der Waals surface area contributed by atoms with Crippen LogP contribution in [0.1, 0.15) is 41.7 Å². The summed E-state index contributed by atoms with van der Waals surface area (Å²) in [6.07, 6.45) is 0.389. The van der Waals surface area contributed by atoms with E-state index in [1.807, 2.05) is 43.3 Å². The van der Waals surface area contributed by atoms with E-state index in [0.717, 1.165) is 14.5 Å². The average Bonchev–Trinajstić information content (AvgIpc) is 2.53. The van der Waals surface area contributed by atoms with E-state index < -0.39 is 0 Å². The van der Waals surface area contributed by atoms with Gasteiger partial charge >= 0.3 is 0 Å². The summed E-state index contributed by atoms with van der Waals surface area (Å²) in [5.41, 5.74) is 1.64. The second-order valence-corrected chi connectivity index (χ2v) is 7.01. The molecular formula is C18H17Br2NO2. The number of benzene rings is 2. The molecule has 0 heterocycles. The van der Waals surface area contributed by atoms with Crippen LogP contribution in [-0.4, -0.2) is 11.7 Å². The van der Waals surface area contributed by atoms with Crippen molar-refractivity contribution in [2.24, 2.45) is 0 Å². The highest BCUT2D eigenvalue weighted by molar-refractivity contribution is 9.10. The van der Waals surface area contributed by atoms with Crippen LogP contribution in [0.15, 0.2) is 57.5 Å². The summed E-state index contributed by atoms with van der Waals surface area (Å²) in [7, 11) is 0. The number of hydrogen-bond acceptors (Lipinski definition) is 2. The Kier molecular flexibility index (Phi) is 6.54. The minimum absolute atomic E-state index is 0.0267. The molecule has 0 saturated heterocycles. The van der Waals surface area contributed by atoms with Crippen molar-refractivity contribution >= 4 is 43.6 Å². The number of amides is 1. The molecular weight excluding hydrogens is 422 g/mol. The zero-order valence-electron chi connectivity index (χ0n) is 12.7. The van der Waals surface area contributed by atoms with Gasteiger partial charge in [0, 0.05) is 27.4 Å². The molecule has 1 unspecified atom stereocenters. The Bertz CT molecular complexity index is 698. The van der Waals surface area contributed by atoms with Crippen LogP contribution in [-0.2, 0) is 4.79 Å². The van der Waals surface area contributed by atoms with Gasteiger partial charge in [0.25, 0.3) is 0 Å². The first-order chi connectivity index (χ1) is 11.0. The number of nitrogens with one attached hydrogen (secondary N) is 1. The summed E-state index contributed by atoms with van der Waals surface area (Å²) < 4.78 is 1.88. The Morgan fingerprint density at radius 2 is 1.65 bits per heavy atom. The van der Waals surface area contributed by atoms with E-state index in [4.69, 9.17) is 0 Å². The topological polar surface area (TPSA) is 46.2 Å². The molecule has 0 aliphatic heterocycles. The van der Waals surface area contributed by atoms with Crippen molar-refractivity contribution in [3.05, 3.63) is 68.6 Å². The summed E-state index contributed by atoms with van der Waals surface area (Å²) in [6.45, 7) is 1.93. The molecule has 2 aromatic carbocycles. The lowest BCUT2D eigenvalue weighted by atomic mass is 10.1. The van der Waals surface area contributed by atoms with Crippen molar-refractivity contribution < 1.29 is 9.59 Å². The van der Waals surface area contributed by atoms with E-state index in [1.165, 1.54) is 0 Å². The number of carbonyl (C=O) groups is 2. The fourth-order valence-electron chi connectivity index (χ4n) is 2.22. The zero-order valence-corrected chi connectivity index (χ0v) is 15.9. The van der Waals surface area contributed by atoms with Gasteiger partial charge in [-0.05, 0) is 30.7 Å². The van der Waals surface area contributed by atoms with Gasteiger partial charge in [0.05, 0.1) is 6.04 Å². The van der Waals surface area contributed by atoms with Crippen LogP contribution >= 0.6 is 31.9 Å². The van der Waals surface area contributed by atoms with Gasteiger partial charge in [-0.2, -0.15) is 0 Å². The number of ketones is 1. The number of carbonyl (C=O) groups excluding carboxylic acids is 2. The summed E-state index contributed by atoms with van der Waals surface area (Å²) >= 11 is 6.81. The molecule has 5 heteroatoms. The van der Waals surface area contributed by atoms with E-state index in [2.05, 4.69) is 37.2 Å². The third-order valence-corrected chi connectivity index (χ3v) is 4.75. The molecule has 1 atom stereocenters. The highest BCUT2D eigenvalue weighted by Crippen LogP contribution is 2.22. The van der Waals surface area contributed by atoms with E-state index in [1.54, 1.807) is 12.1 Å². The molecule has 23 heavy (non-hydrogen) atoms. The smallest absolute Gasteiger partial charge is 0.220 e. The van der Waals surface area contributed by atoms with Gasteiger partial charge in [-0.25, -0.2) is 0 Å². The fraction of sp³-hybridized carbons (Fsp3) is 0.222. The Morgan fingerprint density at radius 1 is 1.00 bits per heavy atom. The first-order valence-electron chi connectivity index (χ1n) is 7.30. The average molecular weight is 439 g/mol. The molecule has 2 aromatic rings. The van der Waals surface area contributed by atoms with E-state index in [0.29, 0.717) is 5.56 Å². The van der Waals surface area contributed by atoms with Gasteiger partial charge in [-0.15, -0.1) is 0 Å². The Balaban J connectivity index is 1.86. The number of hydrogen-bond donors (Lipinski definition) is 1. The molecule has 1 N–H and O–H groups in total. The fourth-order valence-corrected chi connectivity index (χ4v) is 3.12. The van der Waals surface area contributed by atoms with Crippen LogP contribution in [0.5, 0.6) is 0 Å². The van der Waals surface area contributed by atoms with Crippen LogP contribution in [0.4, 0.5) is 0 Å². The Hall–Kier alpha value is -1.46. The molecule has 0 radical (unpaired) electrons. The van der Waals surface area contributed by atoms with Gasteiger partial charge in [-0.1, -0.05) is 62.2 Å². The Morgan fingerprint density at radius 3 is 2.30 bits per heavy atom. The first kappa shape index (κ1) is 17.9. The van der Waals surface area contributed by atoms with Crippen LogP contribution in [0.3, 0.4) is 0 Å². The maximum absolute atomic E-state index is 12.1.